The van der Waals surface area contributed by atoms with Crippen molar-refractivity contribution in [2.75, 3.05) is 7.11 Å². The molecule has 0 atom stereocenters. The molecule has 0 bridgehead atoms. The summed E-state index contributed by atoms with van der Waals surface area (Å²) >= 11 is 6.19. The number of carbonyl (C=O) groups is 1. The Morgan fingerprint density at radius 1 is 1.10 bits per heavy atom. The number of amides is 1. The fourth-order valence-electron chi connectivity index (χ4n) is 3.03. The first kappa shape index (κ1) is 19.6. The average molecular weight is 420 g/mol. The van der Waals surface area contributed by atoms with Crippen molar-refractivity contribution in [1.29, 1.82) is 0 Å². The normalized spacial score (nSPS) is 10.6. The van der Waals surface area contributed by atoms with Crippen molar-refractivity contribution >= 4 is 17.5 Å². The van der Waals surface area contributed by atoms with E-state index in [0.29, 0.717) is 16.5 Å². The van der Waals surface area contributed by atoms with Crippen LogP contribution in [-0.4, -0.2) is 33.0 Å². The average Bonchev–Trinajstić information content (AvgIpc) is 3.24. The molecule has 4 aromatic rings. The van der Waals surface area contributed by atoms with Gasteiger partial charge in [0.1, 0.15) is 11.4 Å². The predicted molar refractivity (Wildman–Crippen MR) is 114 cm³/mol. The molecule has 2 aromatic heterocycles. The molecule has 0 aliphatic carbocycles. The van der Waals surface area contributed by atoms with Crippen molar-refractivity contribution in [2.45, 2.75) is 6.54 Å². The van der Waals surface area contributed by atoms with Crippen molar-refractivity contribution in [3.8, 4) is 22.7 Å². The Hall–Kier alpha value is -3.71. The van der Waals surface area contributed by atoms with Gasteiger partial charge in [-0.05, 0) is 35.9 Å². The maximum absolute atomic E-state index is 13.0. The Morgan fingerprint density at radius 3 is 2.67 bits per heavy atom. The zero-order chi connectivity index (χ0) is 20.9. The van der Waals surface area contributed by atoms with E-state index in [1.807, 2.05) is 42.5 Å². The van der Waals surface area contributed by atoms with Gasteiger partial charge < -0.3 is 10.1 Å². The molecular formula is C22H18ClN5O2. The van der Waals surface area contributed by atoms with E-state index in [9.17, 15) is 4.79 Å². The number of aromatic nitrogens is 4. The summed E-state index contributed by atoms with van der Waals surface area (Å²) in [6, 6.07) is 18.3. The lowest BCUT2D eigenvalue weighted by Gasteiger charge is -2.10. The molecule has 1 amide bonds. The van der Waals surface area contributed by atoms with E-state index in [0.717, 1.165) is 16.8 Å². The number of nitrogens with zero attached hydrogens (tertiary/aromatic N) is 4. The van der Waals surface area contributed by atoms with Crippen molar-refractivity contribution in [2.24, 2.45) is 0 Å². The third-order valence-corrected chi connectivity index (χ3v) is 4.90. The molecule has 0 spiro atoms. The van der Waals surface area contributed by atoms with E-state index >= 15 is 0 Å². The molecule has 0 saturated heterocycles. The zero-order valence-electron chi connectivity index (χ0n) is 16.1. The standard InChI is InChI=1S/C22H18ClN5O2/c1-30-18-7-4-6-17(13-18)28-21(15-9-11-24-12-10-15)20(26-27-28)22(29)25-14-16-5-2-3-8-19(16)23/h2-13H,14H2,1H3,(H,25,29). The highest BCUT2D eigenvalue weighted by Crippen LogP contribution is 2.26. The van der Waals surface area contributed by atoms with Gasteiger partial charge in [-0.3, -0.25) is 9.78 Å². The van der Waals surface area contributed by atoms with Crippen LogP contribution in [0, 0.1) is 0 Å². The number of rotatable bonds is 6. The fourth-order valence-corrected chi connectivity index (χ4v) is 3.23. The summed E-state index contributed by atoms with van der Waals surface area (Å²) in [5, 5.41) is 11.9. The topological polar surface area (TPSA) is 81.9 Å². The third kappa shape index (κ3) is 4.01. The van der Waals surface area contributed by atoms with Crippen LogP contribution in [0.1, 0.15) is 16.1 Å². The van der Waals surface area contributed by atoms with Gasteiger partial charge in [-0.15, -0.1) is 5.10 Å². The molecule has 0 unspecified atom stereocenters. The largest absolute Gasteiger partial charge is 0.497 e. The Bertz CT molecular complexity index is 1180. The minimum absolute atomic E-state index is 0.205. The third-order valence-electron chi connectivity index (χ3n) is 4.53. The van der Waals surface area contributed by atoms with E-state index in [1.165, 1.54) is 0 Å². The highest BCUT2D eigenvalue weighted by Gasteiger charge is 2.22. The van der Waals surface area contributed by atoms with Crippen LogP contribution in [0.5, 0.6) is 5.75 Å². The number of nitrogens with one attached hydrogen (secondary N) is 1. The van der Waals surface area contributed by atoms with Gasteiger partial charge in [0.05, 0.1) is 12.8 Å². The molecule has 0 radical (unpaired) electrons. The first-order valence-corrected chi connectivity index (χ1v) is 9.57. The Morgan fingerprint density at radius 2 is 1.90 bits per heavy atom. The SMILES string of the molecule is COc1cccc(-n2nnc(C(=O)NCc3ccccc3Cl)c2-c2ccncc2)c1. The highest BCUT2D eigenvalue weighted by molar-refractivity contribution is 6.31. The molecule has 7 nitrogen and oxygen atoms in total. The predicted octanol–water partition coefficient (Wildman–Crippen LogP) is 3.92. The minimum Gasteiger partial charge on any atom is -0.497 e. The van der Waals surface area contributed by atoms with Crippen LogP contribution in [0.4, 0.5) is 0 Å². The molecule has 0 saturated carbocycles. The van der Waals surface area contributed by atoms with Gasteiger partial charge in [0.2, 0.25) is 0 Å². The van der Waals surface area contributed by atoms with Crippen molar-refractivity contribution in [1.82, 2.24) is 25.3 Å². The van der Waals surface area contributed by atoms with Gasteiger partial charge in [-0.1, -0.05) is 41.1 Å². The lowest BCUT2D eigenvalue weighted by molar-refractivity contribution is 0.0946. The lowest BCUT2D eigenvalue weighted by Crippen LogP contribution is -2.24. The monoisotopic (exact) mass is 419 g/mol. The van der Waals surface area contributed by atoms with Crippen LogP contribution in [0.3, 0.4) is 0 Å². The second-order valence-electron chi connectivity index (χ2n) is 6.41. The fraction of sp³-hybridized carbons (Fsp3) is 0.0909. The Labute approximate surface area is 178 Å². The summed E-state index contributed by atoms with van der Waals surface area (Å²) in [5.41, 5.74) is 3.07. The van der Waals surface area contributed by atoms with Crippen molar-refractivity contribution < 1.29 is 9.53 Å². The van der Waals surface area contributed by atoms with Crippen LogP contribution in [-0.2, 0) is 6.54 Å². The van der Waals surface area contributed by atoms with Crippen LogP contribution in [0.25, 0.3) is 16.9 Å². The molecule has 0 aliphatic rings. The van der Waals surface area contributed by atoms with E-state index < -0.39 is 0 Å². The number of pyridine rings is 1. The zero-order valence-corrected chi connectivity index (χ0v) is 16.9. The van der Waals surface area contributed by atoms with Crippen LogP contribution in [0.15, 0.2) is 73.1 Å². The molecule has 0 fully saturated rings. The number of methoxy groups -OCH3 is 1. The summed E-state index contributed by atoms with van der Waals surface area (Å²) in [5.74, 6) is 0.323. The molecule has 1 N–H and O–H groups in total. The molecule has 4 rings (SSSR count). The minimum atomic E-state index is -0.351. The number of benzene rings is 2. The maximum Gasteiger partial charge on any atom is 0.274 e. The van der Waals surface area contributed by atoms with E-state index in [1.54, 1.807) is 42.4 Å². The van der Waals surface area contributed by atoms with Crippen LogP contribution < -0.4 is 10.1 Å². The number of hydrogen-bond acceptors (Lipinski definition) is 5. The molecule has 2 heterocycles. The first-order chi connectivity index (χ1) is 14.7. The first-order valence-electron chi connectivity index (χ1n) is 9.19. The molecule has 0 aliphatic heterocycles. The second-order valence-corrected chi connectivity index (χ2v) is 6.82. The summed E-state index contributed by atoms with van der Waals surface area (Å²) in [6.45, 7) is 0.278. The lowest BCUT2D eigenvalue weighted by atomic mass is 10.1. The van der Waals surface area contributed by atoms with Gasteiger partial charge in [0.25, 0.3) is 5.91 Å². The van der Waals surface area contributed by atoms with Gasteiger partial charge in [-0.25, -0.2) is 4.68 Å². The summed E-state index contributed by atoms with van der Waals surface area (Å²) in [7, 11) is 1.60. The smallest absolute Gasteiger partial charge is 0.274 e. The highest BCUT2D eigenvalue weighted by atomic mass is 35.5. The van der Waals surface area contributed by atoms with E-state index in [4.69, 9.17) is 16.3 Å². The quantitative estimate of drug-likeness (QED) is 0.512. The second kappa shape index (κ2) is 8.75. The Balaban J connectivity index is 1.72. The van der Waals surface area contributed by atoms with Crippen LogP contribution >= 0.6 is 11.6 Å². The van der Waals surface area contributed by atoms with E-state index in [2.05, 4.69) is 20.6 Å². The maximum atomic E-state index is 13.0. The summed E-state index contributed by atoms with van der Waals surface area (Å²) < 4.78 is 6.92. The summed E-state index contributed by atoms with van der Waals surface area (Å²) in [4.78, 5) is 17.0. The van der Waals surface area contributed by atoms with E-state index in [-0.39, 0.29) is 18.1 Å². The molecule has 8 heteroatoms. The van der Waals surface area contributed by atoms with Gasteiger partial charge >= 0.3 is 0 Å². The van der Waals surface area contributed by atoms with Gasteiger partial charge in [0, 0.05) is 35.6 Å². The number of carbonyl (C=O) groups excluding carboxylic acids is 1. The molecule has 2 aromatic carbocycles. The van der Waals surface area contributed by atoms with Crippen LogP contribution in [0.2, 0.25) is 5.02 Å². The molecular weight excluding hydrogens is 402 g/mol. The number of ether oxygens (including phenoxy) is 1. The van der Waals surface area contributed by atoms with Gasteiger partial charge in [0.15, 0.2) is 5.69 Å². The van der Waals surface area contributed by atoms with Crippen molar-refractivity contribution in [3.63, 3.8) is 0 Å². The van der Waals surface area contributed by atoms with Crippen molar-refractivity contribution in [3.05, 3.63) is 89.3 Å². The molecule has 150 valence electrons. The number of halogens is 1. The van der Waals surface area contributed by atoms with Gasteiger partial charge in [-0.2, -0.15) is 0 Å². The summed E-state index contributed by atoms with van der Waals surface area (Å²) in [6.07, 6.45) is 3.31. The Kier molecular flexibility index (Phi) is 5.72. The molecule has 30 heavy (non-hydrogen) atoms. The number of hydrogen-bond donors (Lipinski definition) is 1.